The molecule has 1 fully saturated rings. The van der Waals surface area contributed by atoms with Gasteiger partial charge in [-0.05, 0) is 19.3 Å². The lowest BCUT2D eigenvalue weighted by Crippen LogP contribution is -2.32. The number of aromatic nitrogens is 2. The largest absolute Gasteiger partial charge is 0.481 e. The number of carbonyl (C=O) groups is 1. The minimum atomic E-state index is -3.01. The number of carboxylic acids is 1. The summed E-state index contributed by atoms with van der Waals surface area (Å²) in [6.07, 6.45) is 1.59. The van der Waals surface area contributed by atoms with Crippen molar-refractivity contribution in [2.75, 3.05) is 11.5 Å². The summed E-state index contributed by atoms with van der Waals surface area (Å²) in [4.78, 5) is 15.7. The molecule has 0 aliphatic carbocycles. The Bertz CT molecular complexity index is 618. The van der Waals surface area contributed by atoms with Gasteiger partial charge in [-0.25, -0.2) is 8.42 Å². The lowest BCUT2D eigenvalue weighted by molar-refractivity contribution is -0.149. The fourth-order valence-electron chi connectivity index (χ4n) is 2.67. The Balaban J connectivity index is 2.15. The Hall–Kier alpha value is -1.44. The molecule has 118 valence electrons. The number of hydrogen-bond acceptors (Lipinski definition) is 6. The maximum Gasteiger partial charge on any atom is 0.310 e. The highest BCUT2D eigenvalue weighted by Gasteiger charge is 2.38. The Morgan fingerprint density at radius 1 is 1.43 bits per heavy atom. The molecule has 1 aliphatic rings. The van der Waals surface area contributed by atoms with E-state index in [1.807, 2.05) is 13.8 Å². The molecule has 8 heteroatoms. The van der Waals surface area contributed by atoms with E-state index in [1.54, 1.807) is 0 Å². The van der Waals surface area contributed by atoms with Gasteiger partial charge in [0.1, 0.15) is 0 Å². The van der Waals surface area contributed by atoms with Gasteiger partial charge in [0.15, 0.2) is 15.7 Å². The van der Waals surface area contributed by atoms with Gasteiger partial charge < -0.3 is 9.63 Å². The van der Waals surface area contributed by atoms with Crippen LogP contribution in [0.5, 0.6) is 0 Å². The van der Waals surface area contributed by atoms with Gasteiger partial charge >= 0.3 is 5.97 Å². The van der Waals surface area contributed by atoms with Gasteiger partial charge in [0, 0.05) is 12.3 Å². The van der Waals surface area contributed by atoms with E-state index in [4.69, 9.17) is 4.52 Å². The van der Waals surface area contributed by atoms with Crippen LogP contribution in [0.3, 0.4) is 0 Å². The molecule has 1 atom stereocenters. The Kier molecular flexibility index (Phi) is 4.36. The maximum absolute atomic E-state index is 11.5. The Labute approximate surface area is 123 Å². The first-order chi connectivity index (χ1) is 9.82. The van der Waals surface area contributed by atoms with Crippen LogP contribution < -0.4 is 0 Å². The molecule has 0 aromatic carbocycles. The second-order valence-electron chi connectivity index (χ2n) is 5.62. The van der Waals surface area contributed by atoms with Crippen molar-refractivity contribution in [3.8, 4) is 0 Å². The molecule has 7 nitrogen and oxygen atoms in total. The highest BCUT2D eigenvalue weighted by atomic mass is 32.2. The van der Waals surface area contributed by atoms with Crippen molar-refractivity contribution in [3.63, 3.8) is 0 Å². The number of aliphatic carboxylic acids is 1. The molecule has 2 heterocycles. The van der Waals surface area contributed by atoms with Gasteiger partial charge in [-0.1, -0.05) is 19.0 Å². The average Bonchev–Trinajstić information content (AvgIpc) is 3.02. The summed E-state index contributed by atoms with van der Waals surface area (Å²) in [6.45, 7) is 3.64. The molecular weight excluding hydrogens is 296 g/mol. The third kappa shape index (κ3) is 3.25. The van der Waals surface area contributed by atoms with Crippen LogP contribution in [0.2, 0.25) is 0 Å². The van der Waals surface area contributed by atoms with E-state index >= 15 is 0 Å². The molecule has 0 spiro atoms. The van der Waals surface area contributed by atoms with Crippen LogP contribution in [0.25, 0.3) is 0 Å². The molecule has 1 N–H and O–H groups in total. The summed E-state index contributed by atoms with van der Waals surface area (Å²) >= 11 is 0. The van der Waals surface area contributed by atoms with E-state index in [0.717, 1.165) is 0 Å². The van der Waals surface area contributed by atoms with Gasteiger partial charge in [-0.3, -0.25) is 4.79 Å². The highest BCUT2D eigenvalue weighted by molar-refractivity contribution is 7.91. The van der Waals surface area contributed by atoms with E-state index in [0.29, 0.717) is 25.1 Å². The Morgan fingerprint density at radius 3 is 2.57 bits per heavy atom. The van der Waals surface area contributed by atoms with Crippen molar-refractivity contribution in [1.82, 2.24) is 10.1 Å². The fourth-order valence-corrected chi connectivity index (χ4v) is 4.41. The first-order valence-electron chi connectivity index (χ1n) is 7.08. The van der Waals surface area contributed by atoms with Crippen LogP contribution in [0.15, 0.2) is 4.52 Å². The molecule has 0 radical (unpaired) electrons. The van der Waals surface area contributed by atoms with E-state index in [2.05, 4.69) is 10.1 Å². The lowest BCUT2D eigenvalue weighted by atomic mass is 9.79. The molecule has 1 aromatic rings. The topological polar surface area (TPSA) is 110 Å². The summed E-state index contributed by atoms with van der Waals surface area (Å²) in [7, 11) is -3.01. The number of nitrogens with zero attached hydrogens (tertiary/aromatic N) is 2. The third-order valence-corrected chi connectivity index (χ3v) is 6.15. The molecule has 0 bridgehead atoms. The monoisotopic (exact) mass is 316 g/mol. The number of rotatable bonds is 6. The van der Waals surface area contributed by atoms with Crippen molar-refractivity contribution in [2.24, 2.45) is 5.41 Å². The molecule has 2 rings (SSSR count). The minimum Gasteiger partial charge on any atom is -0.481 e. The minimum absolute atomic E-state index is 0.0393. The predicted molar refractivity (Wildman–Crippen MR) is 74.7 cm³/mol. The molecule has 21 heavy (non-hydrogen) atoms. The van der Waals surface area contributed by atoms with Crippen LogP contribution in [0.1, 0.15) is 50.7 Å². The predicted octanol–water partition coefficient (Wildman–Crippen LogP) is 1.41. The van der Waals surface area contributed by atoms with Crippen molar-refractivity contribution in [3.05, 3.63) is 11.7 Å². The molecule has 0 amide bonds. The second-order valence-corrected chi connectivity index (χ2v) is 7.84. The smallest absolute Gasteiger partial charge is 0.310 e. The van der Waals surface area contributed by atoms with E-state index in [-0.39, 0.29) is 29.7 Å². The summed E-state index contributed by atoms with van der Waals surface area (Å²) in [5, 5.41) is 13.2. The van der Waals surface area contributed by atoms with Crippen LogP contribution in [-0.4, -0.2) is 41.1 Å². The third-order valence-electron chi connectivity index (χ3n) is 4.38. The van der Waals surface area contributed by atoms with Crippen LogP contribution in [-0.2, 0) is 21.1 Å². The van der Waals surface area contributed by atoms with Crippen molar-refractivity contribution < 1.29 is 22.8 Å². The maximum atomic E-state index is 11.5. The standard InChI is InChI=1S/C13H20N2O5S/c1-3-13(4-2,12(16)17)7-10-14-11(15-20-10)9-5-6-21(18,19)8-9/h9H,3-8H2,1-2H3,(H,16,17). The first-order valence-corrected chi connectivity index (χ1v) is 8.90. The summed E-state index contributed by atoms with van der Waals surface area (Å²) in [5.74, 6) is -0.300. The van der Waals surface area contributed by atoms with Crippen LogP contribution in [0.4, 0.5) is 0 Å². The first kappa shape index (κ1) is 15.9. The summed E-state index contributed by atoms with van der Waals surface area (Å²) < 4.78 is 28.1. The number of sulfone groups is 1. The zero-order chi connectivity index (χ0) is 15.7. The molecule has 0 saturated carbocycles. The number of carboxylic acid groups (broad SMARTS) is 1. The van der Waals surface area contributed by atoms with Gasteiger partial charge in [0.2, 0.25) is 5.89 Å². The van der Waals surface area contributed by atoms with Gasteiger partial charge in [-0.15, -0.1) is 0 Å². The number of hydrogen-bond donors (Lipinski definition) is 1. The van der Waals surface area contributed by atoms with Gasteiger partial charge in [0.05, 0.1) is 16.9 Å². The van der Waals surface area contributed by atoms with E-state index < -0.39 is 21.2 Å². The fraction of sp³-hybridized carbons (Fsp3) is 0.769. The summed E-state index contributed by atoms with van der Waals surface area (Å²) in [5.41, 5.74) is -0.911. The van der Waals surface area contributed by atoms with E-state index in [9.17, 15) is 18.3 Å². The Morgan fingerprint density at radius 2 is 2.10 bits per heavy atom. The van der Waals surface area contributed by atoms with Crippen LogP contribution in [0, 0.1) is 5.41 Å². The molecule has 1 unspecified atom stereocenters. The van der Waals surface area contributed by atoms with Crippen molar-refractivity contribution in [1.29, 1.82) is 0 Å². The SMILES string of the molecule is CCC(CC)(Cc1nc(C2CCS(=O)(=O)C2)no1)C(=O)O. The quantitative estimate of drug-likeness (QED) is 0.844. The molecular formula is C13H20N2O5S. The normalized spacial score (nSPS) is 21.5. The zero-order valence-corrected chi connectivity index (χ0v) is 13.0. The highest BCUT2D eigenvalue weighted by Crippen LogP contribution is 2.32. The zero-order valence-electron chi connectivity index (χ0n) is 12.2. The summed E-state index contributed by atoms with van der Waals surface area (Å²) in [6, 6.07) is 0. The van der Waals surface area contributed by atoms with E-state index in [1.165, 1.54) is 0 Å². The van der Waals surface area contributed by atoms with Crippen molar-refractivity contribution >= 4 is 15.8 Å². The second kappa shape index (κ2) is 5.75. The average molecular weight is 316 g/mol. The lowest BCUT2D eigenvalue weighted by Gasteiger charge is -2.24. The molecule has 1 aromatic heterocycles. The van der Waals surface area contributed by atoms with Crippen LogP contribution >= 0.6 is 0 Å². The molecule has 1 saturated heterocycles. The van der Waals surface area contributed by atoms with Crippen molar-refractivity contribution in [2.45, 2.75) is 45.4 Å². The molecule has 1 aliphatic heterocycles. The van der Waals surface area contributed by atoms with Gasteiger partial charge in [-0.2, -0.15) is 4.98 Å². The van der Waals surface area contributed by atoms with Gasteiger partial charge in [0.25, 0.3) is 0 Å².